The van der Waals surface area contributed by atoms with E-state index >= 15 is 0 Å². The summed E-state index contributed by atoms with van der Waals surface area (Å²) < 4.78 is 21.0. The van der Waals surface area contributed by atoms with E-state index in [0.717, 1.165) is 16.8 Å². The maximum Gasteiger partial charge on any atom is 0.334 e. The molecule has 7 heteroatoms. The first-order valence-electron chi connectivity index (χ1n) is 9.57. The summed E-state index contributed by atoms with van der Waals surface area (Å²) in [5.74, 6) is -1.33. The lowest BCUT2D eigenvalue weighted by Gasteiger charge is -2.40. The molecule has 0 amide bonds. The molecule has 1 heterocycles. The van der Waals surface area contributed by atoms with Crippen LogP contribution in [0.3, 0.4) is 0 Å². The molecule has 0 saturated carbocycles. The van der Waals surface area contributed by atoms with Crippen molar-refractivity contribution in [3.63, 3.8) is 0 Å². The molecule has 1 aromatic rings. The zero-order valence-corrected chi connectivity index (χ0v) is 17.3. The third kappa shape index (κ3) is 4.15. The molecule has 0 spiro atoms. The standard InChI is InChI=1S/C22H27NO6/c1-14-13-17(23-9-11-29-12-10-23)20(22(25)28-4)19(18(14)21(24)27-3)15-5-7-16(26-2)8-6-15/h5-8,13,19-20H,9-12H2,1-4H3/t19-,20-/m1/s1. The van der Waals surface area contributed by atoms with Crippen molar-refractivity contribution < 1.29 is 28.5 Å². The van der Waals surface area contributed by atoms with Crippen LogP contribution in [0, 0.1) is 5.92 Å². The number of morpholine rings is 1. The number of benzene rings is 1. The molecule has 3 rings (SSSR count). The van der Waals surface area contributed by atoms with Gasteiger partial charge in [0.25, 0.3) is 0 Å². The number of esters is 2. The van der Waals surface area contributed by atoms with E-state index < -0.39 is 23.8 Å². The third-order valence-electron chi connectivity index (χ3n) is 5.46. The molecule has 2 aliphatic rings. The van der Waals surface area contributed by atoms with Crippen LogP contribution in [0.5, 0.6) is 5.75 Å². The minimum absolute atomic E-state index is 0.391. The summed E-state index contributed by atoms with van der Waals surface area (Å²) in [6.07, 6.45) is 1.90. The summed E-state index contributed by atoms with van der Waals surface area (Å²) in [7, 11) is 4.31. The van der Waals surface area contributed by atoms with Crippen molar-refractivity contribution in [3.05, 3.63) is 52.7 Å². The molecule has 1 aliphatic carbocycles. The molecule has 7 nitrogen and oxygen atoms in total. The van der Waals surface area contributed by atoms with Crippen LogP contribution in [-0.4, -0.2) is 64.5 Å². The van der Waals surface area contributed by atoms with Gasteiger partial charge in [-0.25, -0.2) is 4.79 Å². The highest BCUT2D eigenvalue weighted by atomic mass is 16.5. The predicted molar refractivity (Wildman–Crippen MR) is 106 cm³/mol. The molecule has 0 bridgehead atoms. The van der Waals surface area contributed by atoms with Crippen molar-refractivity contribution in [2.24, 2.45) is 5.92 Å². The summed E-state index contributed by atoms with van der Waals surface area (Å²) in [6, 6.07) is 7.39. The van der Waals surface area contributed by atoms with E-state index in [4.69, 9.17) is 18.9 Å². The fourth-order valence-electron chi connectivity index (χ4n) is 4.03. The Morgan fingerprint density at radius 2 is 1.69 bits per heavy atom. The van der Waals surface area contributed by atoms with E-state index in [0.29, 0.717) is 37.6 Å². The number of ether oxygens (including phenoxy) is 4. The van der Waals surface area contributed by atoms with Crippen molar-refractivity contribution in [2.45, 2.75) is 12.8 Å². The Morgan fingerprint density at radius 3 is 2.24 bits per heavy atom. The summed E-state index contributed by atoms with van der Waals surface area (Å²) >= 11 is 0. The molecule has 156 valence electrons. The lowest BCUT2D eigenvalue weighted by atomic mass is 9.73. The minimum Gasteiger partial charge on any atom is -0.497 e. The van der Waals surface area contributed by atoms with Gasteiger partial charge in [-0.05, 0) is 36.3 Å². The molecular formula is C22H27NO6. The topological polar surface area (TPSA) is 74.3 Å². The Labute approximate surface area is 170 Å². The fourth-order valence-corrected chi connectivity index (χ4v) is 4.03. The Kier molecular flexibility index (Phi) is 6.59. The van der Waals surface area contributed by atoms with Crippen molar-refractivity contribution in [1.82, 2.24) is 4.90 Å². The summed E-state index contributed by atoms with van der Waals surface area (Å²) in [5.41, 5.74) is 2.90. The highest BCUT2D eigenvalue weighted by Gasteiger charge is 2.44. The first-order valence-corrected chi connectivity index (χ1v) is 9.57. The van der Waals surface area contributed by atoms with Gasteiger partial charge in [-0.2, -0.15) is 0 Å². The second-order valence-electron chi connectivity index (χ2n) is 7.01. The maximum absolute atomic E-state index is 13.0. The molecule has 2 atom stereocenters. The molecule has 0 N–H and O–H groups in total. The average Bonchev–Trinajstić information content (AvgIpc) is 2.78. The Hall–Kier alpha value is -2.80. The van der Waals surface area contributed by atoms with Crippen LogP contribution in [0.15, 0.2) is 47.2 Å². The maximum atomic E-state index is 13.0. The number of hydrogen-bond donors (Lipinski definition) is 0. The number of carbonyl (C=O) groups excluding carboxylic acids is 2. The van der Waals surface area contributed by atoms with Gasteiger partial charge >= 0.3 is 11.9 Å². The summed E-state index contributed by atoms with van der Waals surface area (Å²) in [5, 5.41) is 0. The predicted octanol–water partition coefficient (Wildman–Crippen LogP) is 2.29. The van der Waals surface area contributed by atoms with Crippen LogP contribution in [0.4, 0.5) is 0 Å². The average molecular weight is 401 g/mol. The number of nitrogens with zero attached hydrogens (tertiary/aromatic N) is 1. The van der Waals surface area contributed by atoms with Gasteiger partial charge in [0.15, 0.2) is 0 Å². The number of hydrogen-bond acceptors (Lipinski definition) is 7. The van der Waals surface area contributed by atoms with E-state index in [9.17, 15) is 9.59 Å². The van der Waals surface area contributed by atoms with Crippen LogP contribution in [0.1, 0.15) is 18.4 Å². The van der Waals surface area contributed by atoms with Crippen molar-refractivity contribution in [2.75, 3.05) is 47.6 Å². The fraction of sp³-hybridized carbons (Fsp3) is 0.455. The van der Waals surface area contributed by atoms with Crippen LogP contribution in [0.2, 0.25) is 0 Å². The zero-order valence-electron chi connectivity index (χ0n) is 17.3. The molecule has 1 aromatic carbocycles. The van der Waals surface area contributed by atoms with Gasteiger partial charge in [-0.15, -0.1) is 0 Å². The number of rotatable bonds is 5. The minimum atomic E-state index is -0.663. The van der Waals surface area contributed by atoms with E-state index in [1.807, 2.05) is 37.3 Å². The first-order chi connectivity index (χ1) is 14.0. The molecular weight excluding hydrogens is 374 g/mol. The summed E-state index contributed by atoms with van der Waals surface area (Å²) in [6.45, 7) is 4.40. The van der Waals surface area contributed by atoms with Crippen LogP contribution < -0.4 is 4.74 Å². The number of carbonyl (C=O) groups is 2. The Morgan fingerprint density at radius 1 is 1.03 bits per heavy atom. The second-order valence-corrected chi connectivity index (χ2v) is 7.01. The Balaban J connectivity index is 2.16. The van der Waals surface area contributed by atoms with Gasteiger partial charge in [0.05, 0.1) is 34.5 Å². The van der Waals surface area contributed by atoms with Crippen LogP contribution in [0.25, 0.3) is 0 Å². The van der Waals surface area contributed by atoms with Gasteiger partial charge in [-0.1, -0.05) is 12.1 Å². The largest absolute Gasteiger partial charge is 0.497 e. The molecule has 0 unspecified atom stereocenters. The van der Waals surface area contributed by atoms with Crippen LogP contribution >= 0.6 is 0 Å². The van der Waals surface area contributed by atoms with E-state index in [2.05, 4.69) is 4.90 Å². The van der Waals surface area contributed by atoms with E-state index in [-0.39, 0.29) is 0 Å². The lowest BCUT2D eigenvalue weighted by molar-refractivity contribution is -0.145. The normalized spacial score (nSPS) is 22.1. The number of methoxy groups -OCH3 is 3. The molecule has 0 radical (unpaired) electrons. The molecule has 29 heavy (non-hydrogen) atoms. The van der Waals surface area contributed by atoms with Gasteiger partial charge in [0, 0.05) is 30.3 Å². The van der Waals surface area contributed by atoms with Crippen molar-refractivity contribution in [3.8, 4) is 5.75 Å². The quantitative estimate of drug-likeness (QED) is 0.701. The Bertz CT molecular complexity index is 820. The first kappa shape index (κ1) is 20.9. The highest BCUT2D eigenvalue weighted by molar-refractivity contribution is 5.94. The summed E-state index contributed by atoms with van der Waals surface area (Å²) in [4.78, 5) is 27.8. The SMILES string of the molecule is COC(=O)C1=C(C)C=C(N2CCOCC2)[C@@H](C(=O)OC)[C@@H]1c1ccc(OC)cc1. The molecule has 1 aliphatic heterocycles. The van der Waals surface area contributed by atoms with Gasteiger partial charge in [0.2, 0.25) is 0 Å². The smallest absolute Gasteiger partial charge is 0.334 e. The molecule has 0 aromatic heterocycles. The van der Waals surface area contributed by atoms with Gasteiger partial charge < -0.3 is 23.8 Å². The van der Waals surface area contributed by atoms with Crippen molar-refractivity contribution >= 4 is 11.9 Å². The molecule has 1 fully saturated rings. The third-order valence-corrected chi connectivity index (χ3v) is 5.46. The lowest BCUT2D eigenvalue weighted by Crippen LogP contribution is -2.43. The second kappa shape index (κ2) is 9.13. The van der Waals surface area contributed by atoms with E-state index in [1.54, 1.807) is 7.11 Å². The van der Waals surface area contributed by atoms with Gasteiger partial charge in [0.1, 0.15) is 11.7 Å². The van der Waals surface area contributed by atoms with Crippen molar-refractivity contribution in [1.29, 1.82) is 0 Å². The monoisotopic (exact) mass is 401 g/mol. The van der Waals surface area contributed by atoms with E-state index in [1.165, 1.54) is 14.2 Å². The molecule has 1 saturated heterocycles. The highest BCUT2D eigenvalue weighted by Crippen LogP contribution is 2.44. The zero-order chi connectivity index (χ0) is 21.0. The number of allylic oxidation sites excluding steroid dienone is 2. The van der Waals surface area contributed by atoms with Crippen LogP contribution in [-0.2, 0) is 23.8 Å². The van der Waals surface area contributed by atoms with Gasteiger partial charge in [-0.3, -0.25) is 4.79 Å².